The summed E-state index contributed by atoms with van der Waals surface area (Å²) in [6.45, 7) is 7.65. The molecule has 23 heteroatoms. The highest BCUT2D eigenvalue weighted by Gasteiger charge is 2.33. The molecular formula is C64H53F6N5O10S2. The van der Waals surface area contributed by atoms with Crippen molar-refractivity contribution in [1.29, 1.82) is 0 Å². The van der Waals surface area contributed by atoms with Crippen molar-refractivity contribution in [3.63, 3.8) is 0 Å². The lowest BCUT2D eigenvalue weighted by Gasteiger charge is -2.27. The summed E-state index contributed by atoms with van der Waals surface area (Å²) in [5.74, 6) is -4.96. The molecule has 0 saturated heterocycles. The maximum Gasteiger partial charge on any atom is 0.424 e. The second-order valence-corrected chi connectivity index (χ2v) is 25.1. The molecule has 0 radical (unpaired) electrons. The van der Waals surface area contributed by atoms with Crippen LogP contribution >= 0.6 is 0 Å². The summed E-state index contributed by atoms with van der Waals surface area (Å²) in [4.78, 5) is 45.9. The first-order valence-electron chi connectivity index (χ1n) is 26.6. The third-order valence-electron chi connectivity index (χ3n) is 13.4. The molecule has 2 heterocycles. The van der Waals surface area contributed by atoms with Crippen LogP contribution in [0.5, 0.6) is 23.0 Å². The molecule has 2 aromatic heterocycles. The molecule has 8 aromatic carbocycles. The predicted octanol–water partition coefficient (Wildman–Crippen LogP) is 13.1. The lowest BCUT2D eigenvalue weighted by atomic mass is 10.1. The largest absolute Gasteiger partial charge is 0.457 e. The molecule has 0 N–H and O–H groups in total. The second kappa shape index (κ2) is 25.5. The highest BCUT2D eigenvalue weighted by molar-refractivity contribution is 7.91. The lowest BCUT2D eigenvalue weighted by Crippen LogP contribution is -2.40. The van der Waals surface area contributed by atoms with Gasteiger partial charge in [-0.2, -0.15) is 14.3 Å². The first-order valence-corrected chi connectivity index (χ1v) is 29.7. The van der Waals surface area contributed by atoms with E-state index in [9.17, 15) is 57.6 Å². The fourth-order valence-electron chi connectivity index (χ4n) is 8.89. The van der Waals surface area contributed by atoms with E-state index in [1.165, 1.54) is 45.8 Å². The van der Waals surface area contributed by atoms with Gasteiger partial charge in [-0.3, -0.25) is 9.59 Å². The number of sulfone groups is 1. The Labute approximate surface area is 495 Å². The van der Waals surface area contributed by atoms with Crippen molar-refractivity contribution in [2.24, 2.45) is 0 Å². The number of aromatic nitrogens is 4. The number of aryl methyl sites for hydroxylation is 3. The lowest BCUT2D eigenvalue weighted by molar-refractivity contribution is 0.0381. The van der Waals surface area contributed by atoms with Crippen molar-refractivity contribution in [3.05, 3.63) is 259 Å². The zero-order valence-electron chi connectivity index (χ0n) is 47.1. The van der Waals surface area contributed by atoms with Crippen molar-refractivity contribution < 1.29 is 62.2 Å². The number of amides is 1. The van der Waals surface area contributed by atoms with E-state index in [-0.39, 0.29) is 57.3 Å². The fourth-order valence-corrected chi connectivity index (χ4v) is 11.5. The van der Waals surface area contributed by atoms with Crippen molar-refractivity contribution in [2.45, 2.75) is 76.1 Å². The van der Waals surface area contributed by atoms with Gasteiger partial charge in [0.25, 0.3) is 21.1 Å². The van der Waals surface area contributed by atoms with Gasteiger partial charge in [0.05, 0.1) is 69.6 Å². The molecule has 0 aliphatic heterocycles. The summed E-state index contributed by atoms with van der Waals surface area (Å²) in [6, 6.07) is 37.5. The molecule has 15 nitrogen and oxygen atoms in total. The first kappa shape index (κ1) is 61.9. The average Bonchev–Trinajstić information content (AvgIpc) is 1.21. The molecule has 10 aromatic rings. The van der Waals surface area contributed by atoms with E-state index in [0.29, 0.717) is 68.8 Å². The van der Waals surface area contributed by atoms with E-state index in [2.05, 4.69) is 9.97 Å². The third kappa shape index (κ3) is 15.1. The van der Waals surface area contributed by atoms with Crippen LogP contribution in [-0.2, 0) is 50.7 Å². The summed E-state index contributed by atoms with van der Waals surface area (Å²) in [5, 5.41) is 0.278. The van der Waals surface area contributed by atoms with E-state index < -0.39 is 83.1 Å². The van der Waals surface area contributed by atoms with Gasteiger partial charge in [-0.1, -0.05) is 59.7 Å². The topological polar surface area (TPSA) is 186 Å². The number of carbonyl (C=O) groups is 1. The summed E-state index contributed by atoms with van der Waals surface area (Å²) in [7, 11) is -7.69. The number of carbonyl (C=O) groups excluding carboxylic acids is 1. The van der Waals surface area contributed by atoms with Gasteiger partial charge in [0.2, 0.25) is 0 Å². The Kier molecular flexibility index (Phi) is 18.2. The summed E-state index contributed by atoms with van der Waals surface area (Å²) < 4.78 is 156. The van der Waals surface area contributed by atoms with E-state index >= 15 is 0 Å². The Morgan fingerprint density at radius 2 is 0.908 bits per heavy atom. The molecule has 448 valence electrons. The maximum atomic E-state index is 14.3. The Morgan fingerprint density at radius 1 is 0.517 bits per heavy atom. The van der Waals surface area contributed by atoms with E-state index in [1.807, 2.05) is 13.8 Å². The monoisotopic (exact) mass is 1230 g/mol. The molecule has 1 amide bonds. The summed E-state index contributed by atoms with van der Waals surface area (Å²) >= 11 is 0. The van der Waals surface area contributed by atoms with Gasteiger partial charge in [-0.25, -0.2) is 48.0 Å². The highest BCUT2D eigenvalue weighted by atomic mass is 32.2. The highest BCUT2D eigenvalue weighted by Crippen LogP contribution is 2.30. The molecule has 0 aliphatic rings. The van der Waals surface area contributed by atoms with E-state index in [4.69, 9.17) is 14.2 Å². The molecule has 0 bridgehead atoms. The molecule has 0 spiro atoms. The number of fused-ring (bicyclic) bond motifs is 2. The van der Waals surface area contributed by atoms with Crippen LogP contribution in [0.15, 0.2) is 190 Å². The number of hydrogen-bond acceptors (Lipinski definition) is 12. The zero-order chi connectivity index (χ0) is 62.5. The van der Waals surface area contributed by atoms with Gasteiger partial charge in [-0.05, 0) is 137 Å². The minimum atomic E-state index is -4.27. The molecule has 0 aliphatic carbocycles. The third-order valence-corrected chi connectivity index (χ3v) is 16.9. The van der Waals surface area contributed by atoms with Gasteiger partial charge >= 0.3 is 6.09 Å². The second-order valence-electron chi connectivity index (χ2n) is 21.1. The Hall–Kier alpha value is -9.61. The number of halogens is 6. The van der Waals surface area contributed by atoms with Crippen LogP contribution in [0.2, 0.25) is 0 Å². The maximum absolute atomic E-state index is 14.3. The van der Waals surface area contributed by atoms with E-state index in [0.717, 1.165) is 23.0 Å². The number of nitrogens with zero attached hydrogens (tertiary/aromatic N) is 5. The minimum Gasteiger partial charge on any atom is -0.457 e. The first-order chi connectivity index (χ1) is 41.2. The SMILES string of the molecule is Cc1ccc(S(=O)(=O)CCc2ccc(Oc3ccc4c(c3)c(=O)ncn4Cc3c(F)cc(F)cc3F)cc2)cc1.Cc1ccc(S(=O)(=O)N(Cc2ccc(Oc3ccc4c(c3)c(=O)ncn4Cc3c(F)cc(F)cc3F)cc2)C(=O)OC(C)(C)C)cc1. The van der Waals surface area contributed by atoms with Crippen LogP contribution in [0.4, 0.5) is 31.1 Å². The normalized spacial score (nSPS) is 11.7. The Morgan fingerprint density at radius 3 is 1.32 bits per heavy atom. The van der Waals surface area contributed by atoms with Crippen LogP contribution in [0, 0.1) is 48.8 Å². The zero-order valence-corrected chi connectivity index (χ0v) is 48.7. The van der Waals surface area contributed by atoms with Crippen LogP contribution in [-0.4, -0.2) is 57.7 Å². The van der Waals surface area contributed by atoms with E-state index in [1.54, 1.807) is 124 Å². The number of ether oxygens (including phenoxy) is 3. The minimum absolute atomic E-state index is 0.0358. The Bertz CT molecular complexity index is 4540. The fraction of sp³-hybridized carbons (Fsp3) is 0.172. The van der Waals surface area contributed by atoms with Gasteiger partial charge in [0.1, 0.15) is 63.5 Å². The van der Waals surface area contributed by atoms with Crippen molar-refractivity contribution in [1.82, 2.24) is 23.4 Å². The number of sulfonamides is 1. The number of hydrogen-bond donors (Lipinski definition) is 0. The average molecular weight is 1230 g/mol. The van der Waals surface area contributed by atoms with Gasteiger partial charge in [-0.15, -0.1) is 0 Å². The number of rotatable bonds is 16. The van der Waals surface area contributed by atoms with Crippen molar-refractivity contribution in [2.75, 3.05) is 5.75 Å². The van der Waals surface area contributed by atoms with Crippen LogP contribution < -0.4 is 20.6 Å². The summed E-state index contributed by atoms with van der Waals surface area (Å²) in [6.07, 6.45) is 1.61. The van der Waals surface area contributed by atoms with Crippen LogP contribution in [0.25, 0.3) is 21.8 Å². The predicted molar refractivity (Wildman–Crippen MR) is 313 cm³/mol. The van der Waals surface area contributed by atoms with Gasteiger partial charge < -0.3 is 23.3 Å². The molecule has 0 fully saturated rings. The molecule has 10 rings (SSSR count). The van der Waals surface area contributed by atoms with Crippen molar-refractivity contribution >= 4 is 47.8 Å². The molecule has 0 unspecified atom stereocenters. The quantitative estimate of drug-likeness (QED) is 0.0835. The van der Waals surface area contributed by atoms with Crippen molar-refractivity contribution in [3.8, 4) is 23.0 Å². The molecular weight excluding hydrogens is 1180 g/mol. The van der Waals surface area contributed by atoms with Gasteiger partial charge in [0, 0.05) is 35.4 Å². The Balaban J connectivity index is 0.000000210. The summed E-state index contributed by atoms with van der Waals surface area (Å²) in [5.41, 5.74) is 0.937. The standard InChI is InChI=1S/C34H30F3N3O6S.C30H23F3N2O4S/c1-21-5-12-26(13-6-21)47(43,44)40(33(42)46-34(2,3)4)18-22-7-9-24(10-8-22)45-25-11-14-31-27(17-25)32(41)38-20-39(31)19-28-29(36)15-23(35)16-30(28)37;1-19-2-9-24(10-3-19)40(37,38)13-12-20-4-6-22(7-5-20)39-23-8-11-29-25(16-23)30(36)34-18-35(29)17-26-27(32)14-21(31)15-28(26)33/h5-17,20H,18-19H2,1-4H3;2-11,14-16,18H,12-13,17H2,1H3. The van der Waals surface area contributed by atoms with Gasteiger partial charge in [0.15, 0.2) is 9.84 Å². The smallest absolute Gasteiger partial charge is 0.424 e. The number of benzene rings is 8. The molecule has 0 saturated carbocycles. The van der Waals surface area contributed by atoms with Crippen LogP contribution in [0.3, 0.4) is 0 Å². The molecule has 0 atom stereocenters. The van der Waals surface area contributed by atoms with Crippen LogP contribution in [0.1, 0.15) is 54.2 Å². The molecule has 87 heavy (non-hydrogen) atoms.